The second-order valence-corrected chi connectivity index (χ2v) is 7.92. The van der Waals surface area contributed by atoms with Crippen LogP contribution >= 0.6 is 0 Å². The molecule has 0 aromatic carbocycles. The summed E-state index contributed by atoms with van der Waals surface area (Å²) in [6.07, 6.45) is 10.5. The molecule has 1 fully saturated rings. The van der Waals surface area contributed by atoms with E-state index in [1.54, 1.807) is 0 Å². The van der Waals surface area contributed by atoms with Crippen molar-refractivity contribution in [1.82, 2.24) is 30.4 Å². The second kappa shape index (κ2) is 7.03. The summed E-state index contributed by atoms with van der Waals surface area (Å²) in [6, 6.07) is 0.287. The van der Waals surface area contributed by atoms with Crippen LogP contribution in [0.15, 0.2) is 6.20 Å². The number of nitrogens with one attached hydrogen (secondary N) is 2. The van der Waals surface area contributed by atoms with Crippen molar-refractivity contribution < 1.29 is 4.79 Å². The minimum Gasteiger partial charge on any atom is -0.332 e. The molecule has 7 heteroatoms. The van der Waals surface area contributed by atoms with Crippen LogP contribution in [0.3, 0.4) is 0 Å². The Bertz CT molecular complexity index is 854. The van der Waals surface area contributed by atoms with Crippen LogP contribution in [0.1, 0.15) is 77.0 Å². The van der Waals surface area contributed by atoms with Gasteiger partial charge in [0.15, 0.2) is 5.69 Å². The van der Waals surface area contributed by atoms with Gasteiger partial charge in [-0.05, 0) is 45.1 Å². The van der Waals surface area contributed by atoms with E-state index in [0.29, 0.717) is 18.8 Å². The molecule has 1 aliphatic carbocycles. The van der Waals surface area contributed by atoms with Crippen LogP contribution in [-0.2, 0) is 25.8 Å². The van der Waals surface area contributed by atoms with Crippen molar-refractivity contribution in [3.05, 3.63) is 40.2 Å². The quantitative estimate of drug-likeness (QED) is 0.795. The zero-order valence-electron chi connectivity index (χ0n) is 15.6. The minimum absolute atomic E-state index is 0.0431. The summed E-state index contributed by atoms with van der Waals surface area (Å²) in [7, 11) is 0. The van der Waals surface area contributed by atoms with E-state index in [9.17, 15) is 4.79 Å². The molecule has 0 spiro atoms. The maximum Gasteiger partial charge on any atom is 0.274 e. The fourth-order valence-corrected chi connectivity index (χ4v) is 4.56. The molecule has 5 rings (SSSR count). The van der Waals surface area contributed by atoms with Crippen LogP contribution in [0.2, 0.25) is 0 Å². The molecule has 0 bridgehead atoms. The van der Waals surface area contributed by atoms with E-state index in [0.717, 1.165) is 67.0 Å². The van der Waals surface area contributed by atoms with Crippen molar-refractivity contribution in [3.8, 4) is 0 Å². The molecule has 4 heterocycles. The monoisotopic (exact) mass is 366 g/mol. The van der Waals surface area contributed by atoms with Crippen LogP contribution in [0.5, 0.6) is 0 Å². The fourth-order valence-electron chi connectivity index (χ4n) is 4.56. The largest absolute Gasteiger partial charge is 0.332 e. The summed E-state index contributed by atoms with van der Waals surface area (Å²) in [4.78, 5) is 24.4. The van der Waals surface area contributed by atoms with E-state index in [2.05, 4.69) is 20.5 Å². The molecular weight excluding hydrogens is 340 g/mol. The van der Waals surface area contributed by atoms with Gasteiger partial charge in [0.25, 0.3) is 5.91 Å². The number of amides is 1. The number of carbonyl (C=O) groups is 1. The lowest BCUT2D eigenvalue weighted by molar-refractivity contribution is 0.0726. The van der Waals surface area contributed by atoms with E-state index in [1.165, 1.54) is 19.3 Å². The fraction of sp³-hybridized carbons (Fsp3) is 0.600. The number of H-pyrrole nitrogens is 1. The third-order valence-corrected chi connectivity index (χ3v) is 6.12. The number of carbonyl (C=O) groups excluding carboxylic acids is 1. The van der Waals surface area contributed by atoms with Gasteiger partial charge in [0.2, 0.25) is 0 Å². The van der Waals surface area contributed by atoms with E-state index < -0.39 is 0 Å². The topological polar surface area (TPSA) is 86.8 Å². The number of hydrogen-bond donors (Lipinski definition) is 2. The van der Waals surface area contributed by atoms with E-state index in [1.807, 2.05) is 11.1 Å². The molecule has 7 nitrogen and oxygen atoms in total. The Morgan fingerprint density at radius 2 is 2.07 bits per heavy atom. The first kappa shape index (κ1) is 16.9. The van der Waals surface area contributed by atoms with Crippen LogP contribution in [0, 0.1) is 0 Å². The lowest BCUT2D eigenvalue weighted by Crippen LogP contribution is -2.37. The summed E-state index contributed by atoms with van der Waals surface area (Å²) < 4.78 is 0. The summed E-state index contributed by atoms with van der Waals surface area (Å²) in [6.45, 7) is 2.32. The predicted molar refractivity (Wildman–Crippen MR) is 100 cm³/mol. The van der Waals surface area contributed by atoms with Crippen LogP contribution in [-0.4, -0.2) is 44.1 Å². The number of fused-ring (bicyclic) bond motifs is 2. The second-order valence-electron chi connectivity index (χ2n) is 7.92. The summed E-state index contributed by atoms with van der Waals surface area (Å²) in [5, 5.41) is 11.0. The number of aromatic amines is 1. The van der Waals surface area contributed by atoms with Crippen molar-refractivity contribution in [2.24, 2.45) is 0 Å². The third kappa shape index (κ3) is 3.14. The standard InChI is InChI=1S/C20H26N6O/c27-20(18-14-5-2-1-3-6-16(14)24-25-18)26-10-8-15-13(12-26)11-22-19(23-15)17-7-4-9-21-17/h11,17,21H,1-10,12H2,(H,24,25)/t17-/m0/s1. The van der Waals surface area contributed by atoms with Gasteiger partial charge in [-0.15, -0.1) is 0 Å². The maximum atomic E-state index is 13.1. The van der Waals surface area contributed by atoms with E-state index >= 15 is 0 Å². The zero-order valence-corrected chi connectivity index (χ0v) is 15.6. The highest BCUT2D eigenvalue weighted by Crippen LogP contribution is 2.26. The van der Waals surface area contributed by atoms with Crippen molar-refractivity contribution in [2.45, 2.75) is 64.0 Å². The first-order chi connectivity index (χ1) is 13.3. The molecule has 2 aromatic rings. The Labute approximate surface area is 159 Å². The zero-order chi connectivity index (χ0) is 18.2. The van der Waals surface area contributed by atoms with Gasteiger partial charge in [-0.2, -0.15) is 5.10 Å². The molecular formula is C20H26N6O. The van der Waals surface area contributed by atoms with Gasteiger partial charge < -0.3 is 10.2 Å². The van der Waals surface area contributed by atoms with Crippen molar-refractivity contribution in [3.63, 3.8) is 0 Å². The average Bonchev–Trinajstić information content (AvgIpc) is 3.32. The molecule has 0 radical (unpaired) electrons. The number of aromatic nitrogens is 4. The van der Waals surface area contributed by atoms with Gasteiger partial charge in [-0.1, -0.05) is 6.42 Å². The van der Waals surface area contributed by atoms with E-state index in [4.69, 9.17) is 4.98 Å². The Hall–Kier alpha value is -2.28. The highest BCUT2D eigenvalue weighted by Gasteiger charge is 2.29. The average molecular weight is 366 g/mol. The highest BCUT2D eigenvalue weighted by atomic mass is 16.2. The van der Waals surface area contributed by atoms with Crippen molar-refractivity contribution in [2.75, 3.05) is 13.1 Å². The molecule has 1 amide bonds. The highest BCUT2D eigenvalue weighted by molar-refractivity contribution is 5.94. The Morgan fingerprint density at radius 1 is 1.15 bits per heavy atom. The molecule has 2 N–H and O–H groups in total. The molecule has 2 aromatic heterocycles. The lowest BCUT2D eigenvalue weighted by atomic mass is 10.0. The number of hydrogen-bond acceptors (Lipinski definition) is 5. The maximum absolute atomic E-state index is 13.1. The molecule has 0 unspecified atom stereocenters. The Balaban J connectivity index is 1.35. The number of aryl methyl sites for hydroxylation is 1. The Kier molecular flexibility index (Phi) is 4.39. The van der Waals surface area contributed by atoms with Gasteiger partial charge in [-0.25, -0.2) is 9.97 Å². The first-order valence-electron chi connectivity index (χ1n) is 10.2. The smallest absolute Gasteiger partial charge is 0.274 e. The third-order valence-electron chi connectivity index (χ3n) is 6.12. The van der Waals surface area contributed by atoms with Gasteiger partial charge in [0.1, 0.15) is 5.82 Å². The van der Waals surface area contributed by atoms with Crippen LogP contribution < -0.4 is 5.32 Å². The van der Waals surface area contributed by atoms with Gasteiger partial charge in [0.05, 0.1) is 11.7 Å². The lowest BCUT2D eigenvalue weighted by Gasteiger charge is -2.28. The van der Waals surface area contributed by atoms with Crippen molar-refractivity contribution >= 4 is 5.91 Å². The summed E-state index contributed by atoms with van der Waals surface area (Å²) in [5.74, 6) is 0.949. The normalized spacial score (nSPS) is 22.2. The Morgan fingerprint density at radius 3 is 2.96 bits per heavy atom. The predicted octanol–water partition coefficient (Wildman–Crippen LogP) is 2.09. The molecule has 142 valence electrons. The van der Waals surface area contributed by atoms with Gasteiger partial charge >= 0.3 is 0 Å². The molecule has 27 heavy (non-hydrogen) atoms. The van der Waals surface area contributed by atoms with Crippen LogP contribution in [0.4, 0.5) is 0 Å². The van der Waals surface area contributed by atoms with Gasteiger partial charge in [-0.3, -0.25) is 9.89 Å². The minimum atomic E-state index is 0.0431. The SMILES string of the molecule is O=C(c1n[nH]c2c1CCCCC2)N1CCc2nc([C@@H]3CCCN3)ncc2C1. The molecule has 1 saturated heterocycles. The molecule has 1 atom stereocenters. The van der Waals surface area contributed by atoms with Gasteiger partial charge in [0, 0.05) is 42.5 Å². The number of rotatable bonds is 2. The van der Waals surface area contributed by atoms with Crippen LogP contribution in [0.25, 0.3) is 0 Å². The van der Waals surface area contributed by atoms with Crippen molar-refractivity contribution in [1.29, 1.82) is 0 Å². The van der Waals surface area contributed by atoms with E-state index in [-0.39, 0.29) is 11.9 Å². The molecule has 2 aliphatic heterocycles. The first-order valence-corrected chi connectivity index (χ1v) is 10.2. The molecule has 0 saturated carbocycles. The summed E-state index contributed by atoms with van der Waals surface area (Å²) in [5.41, 5.74) is 5.09. The summed E-state index contributed by atoms with van der Waals surface area (Å²) >= 11 is 0. The molecule has 3 aliphatic rings. The number of nitrogens with zero attached hydrogens (tertiary/aromatic N) is 4.